The van der Waals surface area contributed by atoms with Gasteiger partial charge in [-0.05, 0) is 54.1 Å². The standard InChI is InChI=1S/C29H21F3N6O2/c30-29(31,32)25-15-24(22-10-5-13-34-16-22)36-38(25)23-11-12-26(35-17-23)37(18-19-6-2-1-3-7-19)28(40)21-9-4-8-20(14-21)27(33)39/h1-17H,18H2,(H2,33,39). The van der Waals surface area contributed by atoms with Crippen LogP contribution in [0.5, 0.6) is 0 Å². The molecule has 0 spiro atoms. The number of carbonyl (C=O) groups is 2. The average molecular weight is 543 g/mol. The second-order valence-corrected chi connectivity index (χ2v) is 8.76. The Morgan fingerprint density at radius 3 is 2.30 bits per heavy atom. The maximum absolute atomic E-state index is 13.9. The molecule has 8 nitrogen and oxygen atoms in total. The van der Waals surface area contributed by atoms with Crippen LogP contribution >= 0.6 is 0 Å². The highest BCUT2D eigenvalue weighted by molar-refractivity contribution is 6.07. The molecule has 40 heavy (non-hydrogen) atoms. The maximum Gasteiger partial charge on any atom is 0.433 e. The Hall–Kier alpha value is -5.32. The van der Waals surface area contributed by atoms with Gasteiger partial charge in [0, 0.05) is 29.1 Å². The van der Waals surface area contributed by atoms with Crippen molar-refractivity contribution in [3.63, 3.8) is 0 Å². The summed E-state index contributed by atoms with van der Waals surface area (Å²) in [4.78, 5) is 34.9. The molecule has 200 valence electrons. The summed E-state index contributed by atoms with van der Waals surface area (Å²) in [6.07, 6.45) is -0.530. The third-order valence-corrected chi connectivity index (χ3v) is 6.03. The van der Waals surface area contributed by atoms with Crippen LogP contribution in [-0.4, -0.2) is 31.6 Å². The Bertz CT molecular complexity index is 1650. The van der Waals surface area contributed by atoms with Crippen LogP contribution in [0.25, 0.3) is 16.9 Å². The molecule has 0 aliphatic rings. The molecule has 2 amide bonds. The lowest BCUT2D eigenvalue weighted by molar-refractivity contribution is -0.142. The number of halogens is 3. The van der Waals surface area contributed by atoms with Crippen LogP contribution < -0.4 is 10.6 Å². The van der Waals surface area contributed by atoms with E-state index in [1.165, 1.54) is 47.8 Å². The molecule has 3 heterocycles. The average Bonchev–Trinajstić information content (AvgIpc) is 3.43. The third kappa shape index (κ3) is 5.58. The SMILES string of the molecule is NC(=O)c1cccc(C(=O)N(Cc2ccccc2)c2ccc(-n3nc(-c4cccnc4)cc3C(F)(F)F)cn2)c1. The van der Waals surface area contributed by atoms with Gasteiger partial charge in [-0.2, -0.15) is 18.3 Å². The summed E-state index contributed by atoms with van der Waals surface area (Å²) in [6, 6.07) is 22.1. The molecule has 0 aliphatic heterocycles. The summed E-state index contributed by atoms with van der Waals surface area (Å²) in [5.41, 5.74) is 6.12. The molecule has 5 aromatic rings. The monoisotopic (exact) mass is 542 g/mol. The van der Waals surface area contributed by atoms with Gasteiger partial charge in [0.1, 0.15) is 11.5 Å². The van der Waals surface area contributed by atoms with E-state index in [0.29, 0.717) is 5.56 Å². The van der Waals surface area contributed by atoms with Crippen molar-refractivity contribution >= 4 is 17.6 Å². The molecule has 0 unspecified atom stereocenters. The zero-order valence-corrected chi connectivity index (χ0v) is 20.8. The number of amides is 2. The van der Waals surface area contributed by atoms with Crippen molar-refractivity contribution < 1.29 is 22.8 Å². The van der Waals surface area contributed by atoms with E-state index in [1.54, 1.807) is 24.3 Å². The van der Waals surface area contributed by atoms with E-state index in [9.17, 15) is 22.8 Å². The van der Waals surface area contributed by atoms with Gasteiger partial charge in [0.05, 0.1) is 24.1 Å². The van der Waals surface area contributed by atoms with E-state index in [-0.39, 0.29) is 34.9 Å². The van der Waals surface area contributed by atoms with Crippen LogP contribution in [0.4, 0.5) is 19.0 Å². The number of alkyl halides is 3. The predicted octanol–water partition coefficient (Wildman–Crippen LogP) is 5.29. The lowest BCUT2D eigenvalue weighted by atomic mass is 10.1. The van der Waals surface area contributed by atoms with E-state index >= 15 is 0 Å². The molecule has 0 bridgehead atoms. The molecule has 0 saturated heterocycles. The number of hydrogen-bond acceptors (Lipinski definition) is 5. The third-order valence-electron chi connectivity index (χ3n) is 6.03. The predicted molar refractivity (Wildman–Crippen MR) is 142 cm³/mol. The molecule has 5 rings (SSSR count). The molecule has 0 saturated carbocycles. The van der Waals surface area contributed by atoms with Crippen LogP contribution in [0, 0.1) is 0 Å². The Kier molecular flexibility index (Phi) is 7.11. The summed E-state index contributed by atoms with van der Waals surface area (Å²) in [5.74, 6) is -0.964. The fraction of sp³-hybridized carbons (Fsp3) is 0.0690. The molecule has 2 aromatic carbocycles. The molecule has 11 heteroatoms. The number of anilines is 1. The number of aromatic nitrogens is 4. The fourth-order valence-corrected chi connectivity index (χ4v) is 4.08. The number of hydrogen-bond donors (Lipinski definition) is 1. The second kappa shape index (κ2) is 10.8. The van der Waals surface area contributed by atoms with E-state index in [2.05, 4.69) is 15.1 Å². The summed E-state index contributed by atoms with van der Waals surface area (Å²) in [6.45, 7) is 0.119. The highest BCUT2D eigenvalue weighted by Gasteiger charge is 2.36. The number of pyridine rings is 2. The molecule has 3 aromatic heterocycles. The van der Waals surface area contributed by atoms with Gasteiger partial charge in [0.25, 0.3) is 5.91 Å². The summed E-state index contributed by atoms with van der Waals surface area (Å²) >= 11 is 0. The summed E-state index contributed by atoms with van der Waals surface area (Å²) in [5, 5.41) is 4.16. The minimum Gasteiger partial charge on any atom is -0.366 e. The molecular formula is C29H21F3N6O2. The van der Waals surface area contributed by atoms with Crippen LogP contribution in [0.1, 0.15) is 32.0 Å². The van der Waals surface area contributed by atoms with Crippen molar-refractivity contribution in [2.45, 2.75) is 12.7 Å². The zero-order valence-electron chi connectivity index (χ0n) is 20.8. The van der Waals surface area contributed by atoms with Crippen molar-refractivity contribution in [3.8, 4) is 16.9 Å². The van der Waals surface area contributed by atoms with E-state index in [0.717, 1.165) is 16.3 Å². The van der Waals surface area contributed by atoms with Crippen LogP contribution in [0.3, 0.4) is 0 Å². The first-order valence-electron chi connectivity index (χ1n) is 12.0. The first kappa shape index (κ1) is 26.3. The smallest absolute Gasteiger partial charge is 0.366 e. The van der Waals surface area contributed by atoms with Gasteiger partial charge in [-0.1, -0.05) is 36.4 Å². The van der Waals surface area contributed by atoms with E-state index in [4.69, 9.17) is 5.73 Å². The Balaban J connectivity index is 1.53. The minimum absolute atomic E-state index is 0.0500. The first-order chi connectivity index (χ1) is 19.2. The minimum atomic E-state index is -4.69. The molecule has 0 radical (unpaired) electrons. The lowest BCUT2D eigenvalue weighted by Crippen LogP contribution is -2.31. The van der Waals surface area contributed by atoms with Crippen LogP contribution in [0.15, 0.2) is 104 Å². The Morgan fingerprint density at radius 2 is 1.65 bits per heavy atom. The number of rotatable bonds is 7. The highest BCUT2D eigenvalue weighted by atomic mass is 19.4. The highest BCUT2D eigenvalue weighted by Crippen LogP contribution is 2.34. The number of nitrogens with two attached hydrogens (primary N) is 1. The molecule has 0 fully saturated rings. The van der Waals surface area contributed by atoms with Crippen molar-refractivity contribution in [1.29, 1.82) is 0 Å². The van der Waals surface area contributed by atoms with Crippen molar-refractivity contribution in [2.75, 3.05) is 4.90 Å². The number of benzene rings is 2. The van der Waals surface area contributed by atoms with Crippen molar-refractivity contribution in [1.82, 2.24) is 19.7 Å². The van der Waals surface area contributed by atoms with Crippen molar-refractivity contribution in [2.24, 2.45) is 5.73 Å². The normalized spacial score (nSPS) is 11.3. The van der Waals surface area contributed by atoms with E-state index in [1.807, 2.05) is 30.3 Å². The Labute approximate surface area is 226 Å². The topological polar surface area (TPSA) is 107 Å². The summed E-state index contributed by atoms with van der Waals surface area (Å²) in [7, 11) is 0. The van der Waals surface area contributed by atoms with Crippen LogP contribution in [-0.2, 0) is 12.7 Å². The maximum atomic E-state index is 13.9. The molecular weight excluding hydrogens is 521 g/mol. The van der Waals surface area contributed by atoms with Gasteiger partial charge in [-0.3, -0.25) is 19.5 Å². The van der Waals surface area contributed by atoms with Gasteiger partial charge in [0.15, 0.2) is 0 Å². The van der Waals surface area contributed by atoms with Gasteiger partial charge in [-0.15, -0.1) is 0 Å². The summed E-state index contributed by atoms with van der Waals surface area (Å²) < 4.78 is 42.5. The Morgan fingerprint density at radius 1 is 0.875 bits per heavy atom. The van der Waals surface area contributed by atoms with E-state index < -0.39 is 23.7 Å². The molecule has 0 aliphatic carbocycles. The first-order valence-corrected chi connectivity index (χ1v) is 12.0. The largest absolute Gasteiger partial charge is 0.433 e. The number of primary amides is 1. The zero-order chi connectivity index (χ0) is 28.3. The van der Waals surface area contributed by atoms with Gasteiger partial charge in [0.2, 0.25) is 5.91 Å². The van der Waals surface area contributed by atoms with Gasteiger partial charge in [-0.25, -0.2) is 9.67 Å². The molecule has 2 N–H and O–H groups in total. The fourth-order valence-electron chi connectivity index (χ4n) is 4.08. The second-order valence-electron chi connectivity index (χ2n) is 8.76. The van der Waals surface area contributed by atoms with Gasteiger partial charge < -0.3 is 5.73 Å². The van der Waals surface area contributed by atoms with Gasteiger partial charge >= 0.3 is 6.18 Å². The lowest BCUT2D eigenvalue weighted by Gasteiger charge is -2.22. The number of nitrogens with zero attached hydrogens (tertiary/aromatic N) is 5. The van der Waals surface area contributed by atoms with Crippen LogP contribution in [0.2, 0.25) is 0 Å². The molecule has 0 atom stereocenters. The van der Waals surface area contributed by atoms with Crippen molar-refractivity contribution in [3.05, 3.63) is 126 Å². The quantitative estimate of drug-likeness (QED) is 0.301. The number of carbonyl (C=O) groups excluding carboxylic acids is 2.